The number of carbonyl (C=O) groups is 1. The van der Waals surface area contributed by atoms with Gasteiger partial charge in [0.25, 0.3) is 5.56 Å². The lowest BCUT2D eigenvalue weighted by molar-refractivity contribution is -0.139. The molecule has 0 saturated carbocycles. The number of hydrogen-bond donors (Lipinski definition) is 0. The average molecular weight is 587 g/mol. The van der Waals surface area contributed by atoms with Crippen LogP contribution in [-0.2, 0) is 9.53 Å². The molecule has 37 heavy (non-hydrogen) atoms. The number of ether oxygens (including phenoxy) is 4. The van der Waals surface area contributed by atoms with Crippen molar-refractivity contribution in [3.05, 3.63) is 83.0 Å². The molecule has 0 bridgehead atoms. The van der Waals surface area contributed by atoms with E-state index in [9.17, 15) is 9.59 Å². The van der Waals surface area contributed by atoms with E-state index in [1.807, 2.05) is 37.3 Å². The van der Waals surface area contributed by atoms with Crippen molar-refractivity contribution >= 4 is 39.3 Å². The molecule has 0 saturated heterocycles. The maximum atomic E-state index is 13.9. The number of allylic oxidation sites excluding steroid dienone is 1. The Morgan fingerprint density at radius 2 is 1.84 bits per heavy atom. The molecule has 4 rings (SSSR count). The summed E-state index contributed by atoms with van der Waals surface area (Å²) >= 11 is 4.74. The summed E-state index contributed by atoms with van der Waals surface area (Å²) in [5.41, 5.74) is 1.88. The number of thiazole rings is 1. The molecule has 0 amide bonds. The van der Waals surface area contributed by atoms with Crippen molar-refractivity contribution < 1.29 is 23.7 Å². The molecule has 2 heterocycles. The number of hydrogen-bond acceptors (Lipinski definition) is 8. The quantitative estimate of drug-likeness (QED) is 0.371. The van der Waals surface area contributed by atoms with Crippen LogP contribution in [0.3, 0.4) is 0 Å². The number of carbonyl (C=O) groups excluding carboxylic acids is 1. The Kier molecular flexibility index (Phi) is 8.19. The van der Waals surface area contributed by atoms with E-state index in [4.69, 9.17) is 18.9 Å². The fourth-order valence-corrected chi connectivity index (χ4v) is 5.78. The number of aromatic nitrogens is 1. The summed E-state index contributed by atoms with van der Waals surface area (Å²) in [6.07, 6.45) is 1.75. The molecule has 8 nitrogen and oxygen atoms in total. The minimum Gasteiger partial charge on any atom is -0.496 e. The minimum atomic E-state index is -0.760. The highest BCUT2D eigenvalue weighted by molar-refractivity contribution is 9.10. The lowest BCUT2D eigenvalue weighted by atomic mass is 9.95. The second kappa shape index (κ2) is 11.4. The summed E-state index contributed by atoms with van der Waals surface area (Å²) in [4.78, 5) is 32.1. The van der Waals surface area contributed by atoms with Crippen molar-refractivity contribution in [2.24, 2.45) is 4.99 Å². The van der Waals surface area contributed by atoms with Crippen LogP contribution < -0.4 is 29.1 Å². The van der Waals surface area contributed by atoms with Gasteiger partial charge in [0.2, 0.25) is 0 Å². The molecule has 0 radical (unpaired) electrons. The first-order chi connectivity index (χ1) is 17.8. The van der Waals surface area contributed by atoms with Crippen molar-refractivity contribution in [2.45, 2.75) is 26.8 Å². The van der Waals surface area contributed by atoms with Crippen LogP contribution in [0.2, 0.25) is 0 Å². The van der Waals surface area contributed by atoms with Crippen molar-refractivity contribution in [2.75, 3.05) is 27.4 Å². The van der Waals surface area contributed by atoms with Crippen LogP contribution in [0.5, 0.6) is 17.2 Å². The summed E-state index contributed by atoms with van der Waals surface area (Å²) in [5, 5.41) is 0. The third-order valence-corrected chi connectivity index (χ3v) is 7.42. The third-order valence-electron chi connectivity index (χ3n) is 5.82. The van der Waals surface area contributed by atoms with E-state index in [0.717, 1.165) is 4.47 Å². The molecule has 1 aromatic heterocycles. The van der Waals surface area contributed by atoms with E-state index in [0.29, 0.717) is 55.6 Å². The van der Waals surface area contributed by atoms with E-state index in [1.165, 1.54) is 11.3 Å². The highest BCUT2D eigenvalue weighted by Crippen LogP contribution is 2.36. The molecule has 0 unspecified atom stereocenters. The fraction of sp³-hybridized carbons (Fsp3) is 0.296. The second-order valence-corrected chi connectivity index (χ2v) is 9.87. The summed E-state index contributed by atoms with van der Waals surface area (Å²) in [5.74, 6) is 1.22. The molecule has 3 aromatic rings. The highest BCUT2D eigenvalue weighted by atomic mass is 79.9. The van der Waals surface area contributed by atoms with Crippen LogP contribution >= 0.6 is 27.3 Å². The predicted molar refractivity (Wildman–Crippen MR) is 145 cm³/mol. The van der Waals surface area contributed by atoms with Crippen LogP contribution in [0.4, 0.5) is 0 Å². The number of nitrogens with zero attached hydrogens (tertiary/aromatic N) is 2. The molecule has 1 atom stereocenters. The van der Waals surface area contributed by atoms with Crippen LogP contribution in [0.1, 0.15) is 37.9 Å². The Morgan fingerprint density at radius 1 is 1.11 bits per heavy atom. The second-order valence-electron chi connectivity index (χ2n) is 8.00. The van der Waals surface area contributed by atoms with E-state index < -0.39 is 12.0 Å². The Balaban J connectivity index is 1.99. The molecular weight excluding hydrogens is 560 g/mol. The summed E-state index contributed by atoms with van der Waals surface area (Å²) in [7, 11) is 3.13. The Morgan fingerprint density at radius 3 is 2.51 bits per heavy atom. The number of rotatable bonds is 8. The fourth-order valence-electron chi connectivity index (χ4n) is 4.22. The molecule has 2 aromatic carbocycles. The largest absolute Gasteiger partial charge is 0.496 e. The Bertz CT molecular complexity index is 1560. The average Bonchev–Trinajstić information content (AvgIpc) is 3.18. The van der Waals surface area contributed by atoms with Gasteiger partial charge in [-0.1, -0.05) is 29.5 Å². The number of halogens is 1. The van der Waals surface area contributed by atoms with Gasteiger partial charge in [-0.05, 0) is 54.9 Å². The molecule has 194 valence electrons. The molecule has 1 aliphatic rings. The number of para-hydroxylation sites is 1. The minimum absolute atomic E-state index is 0.200. The first-order valence-electron chi connectivity index (χ1n) is 11.7. The van der Waals surface area contributed by atoms with Crippen LogP contribution in [0, 0.1) is 0 Å². The Labute approximate surface area is 226 Å². The molecule has 0 spiro atoms. The SMILES string of the molecule is CCOC(=O)C1=C(C)N=c2s/c(=C\c3cc(Br)c(OC)cc3OC)c(=O)n2[C@H]1c1ccccc1OCC. The summed E-state index contributed by atoms with van der Waals surface area (Å²) in [6.45, 7) is 6.01. The van der Waals surface area contributed by atoms with E-state index in [-0.39, 0.29) is 12.2 Å². The molecule has 0 aliphatic carbocycles. The normalized spacial score (nSPS) is 15.2. The number of fused-ring (bicyclic) bond motifs is 1. The van der Waals surface area contributed by atoms with E-state index in [2.05, 4.69) is 20.9 Å². The van der Waals surface area contributed by atoms with Gasteiger partial charge in [0.15, 0.2) is 4.80 Å². The van der Waals surface area contributed by atoms with Gasteiger partial charge < -0.3 is 18.9 Å². The standard InChI is InChI=1S/C27H27BrN2O6S/c1-6-35-19-11-9-8-10-17(19)24-23(26(32)36-7-2)15(3)29-27-30(24)25(31)22(37-27)13-16-12-18(28)21(34-5)14-20(16)33-4/h8-14,24H,6-7H2,1-5H3/b22-13-/t24-/m0/s1. The van der Waals surface area contributed by atoms with Gasteiger partial charge in [0, 0.05) is 17.2 Å². The lowest BCUT2D eigenvalue weighted by Crippen LogP contribution is -2.40. The molecule has 0 fully saturated rings. The topological polar surface area (TPSA) is 88.4 Å². The molecule has 10 heteroatoms. The zero-order valence-electron chi connectivity index (χ0n) is 21.2. The first-order valence-corrected chi connectivity index (χ1v) is 13.3. The van der Waals surface area contributed by atoms with E-state index in [1.54, 1.807) is 44.8 Å². The van der Waals surface area contributed by atoms with Gasteiger partial charge in [-0.25, -0.2) is 9.79 Å². The highest BCUT2D eigenvalue weighted by Gasteiger charge is 2.35. The van der Waals surface area contributed by atoms with Crippen LogP contribution in [0.15, 0.2) is 61.9 Å². The van der Waals surface area contributed by atoms with Gasteiger partial charge in [0.1, 0.15) is 23.3 Å². The summed E-state index contributed by atoms with van der Waals surface area (Å²) < 4.78 is 24.8. The van der Waals surface area contributed by atoms with Gasteiger partial charge in [0.05, 0.1) is 47.7 Å². The van der Waals surface area contributed by atoms with Crippen molar-refractivity contribution in [3.8, 4) is 17.2 Å². The monoisotopic (exact) mass is 586 g/mol. The van der Waals surface area contributed by atoms with Crippen LogP contribution in [0.25, 0.3) is 6.08 Å². The first kappa shape index (κ1) is 26.7. The molecular formula is C27H27BrN2O6S. The third kappa shape index (κ3) is 5.08. The Hall–Kier alpha value is -3.37. The maximum Gasteiger partial charge on any atom is 0.338 e. The van der Waals surface area contributed by atoms with Crippen molar-refractivity contribution in [1.29, 1.82) is 0 Å². The van der Waals surface area contributed by atoms with Gasteiger partial charge in [-0.2, -0.15) is 0 Å². The lowest BCUT2D eigenvalue weighted by Gasteiger charge is -2.26. The van der Waals surface area contributed by atoms with Gasteiger partial charge in [-0.3, -0.25) is 9.36 Å². The van der Waals surface area contributed by atoms with Gasteiger partial charge >= 0.3 is 5.97 Å². The maximum absolute atomic E-state index is 13.9. The number of esters is 1. The number of benzene rings is 2. The zero-order valence-corrected chi connectivity index (χ0v) is 23.6. The number of methoxy groups -OCH3 is 2. The summed E-state index contributed by atoms with van der Waals surface area (Å²) in [6, 6.07) is 10.2. The predicted octanol–water partition coefficient (Wildman–Crippen LogP) is 3.98. The van der Waals surface area contributed by atoms with Crippen molar-refractivity contribution in [1.82, 2.24) is 4.57 Å². The zero-order chi connectivity index (χ0) is 26.7. The van der Waals surface area contributed by atoms with E-state index >= 15 is 0 Å². The molecule has 1 aliphatic heterocycles. The van der Waals surface area contributed by atoms with Gasteiger partial charge in [-0.15, -0.1) is 0 Å². The van der Waals surface area contributed by atoms with Crippen molar-refractivity contribution in [3.63, 3.8) is 0 Å². The smallest absolute Gasteiger partial charge is 0.338 e. The van der Waals surface area contributed by atoms with Crippen LogP contribution in [-0.4, -0.2) is 38.0 Å². The molecule has 0 N–H and O–H groups in total.